The summed E-state index contributed by atoms with van der Waals surface area (Å²) in [5.74, 6) is 0.405. The molecule has 1 aromatic carbocycles. The molecule has 0 unspecified atom stereocenters. The first-order valence-electron chi connectivity index (χ1n) is 9.45. The number of guanidine groups is 1. The van der Waals surface area contributed by atoms with E-state index in [1.54, 1.807) is 0 Å². The second kappa shape index (κ2) is 11.3. The van der Waals surface area contributed by atoms with Crippen LogP contribution in [0.1, 0.15) is 33.3 Å². The van der Waals surface area contributed by atoms with Gasteiger partial charge in [0.15, 0.2) is 5.96 Å². The van der Waals surface area contributed by atoms with Crippen molar-refractivity contribution in [2.24, 2.45) is 4.99 Å². The van der Waals surface area contributed by atoms with Crippen LogP contribution in [0.4, 0.5) is 5.69 Å². The van der Waals surface area contributed by atoms with Crippen LogP contribution in [0.15, 0.2) is 29.3 Å². The summed E-state index contributed by atoms with van der Waals surface area (Å²) < 4.78 is 0. The monoisotopic (exact) mass is 390 g/mol. The molecule has 0 aliphatic carbocycles. The second-order valence-corrected chi connectivity index (χ2v) is 7.83. The largest absolute Gasteiger partial charge is 0.357 e. The van der Waals surface area contributed by atoms with Crippen molar-refractivity contribution in [3.63, 3.8) is 0 Å². The van der Waals surface area contributed by atoms with Gasteiger partial charge in [-0.2, -0.15) is 0 Å². The minimum absolute atomic E-state index is 0.0643. The van der Waals surface area contributed by atoms with Crippen molar-refractivity contribution in [1.29, 1.82) is 0 Å². The average Bonchev–Trinajstić information content (AvgIpc) is 2.55. The number of nitrogens with zero attached hydrogens (tertiary/aromatic N) is 2. The average molecular weight is 391 g/mol. The Labute approximate surface area is 168 Å². The van der Waals surface area contributed by atoms with Gasteiger partial charge in [0.25, 0.3) is 0 Å². The summed E-state index contributed by atoms with van der Waals surface area (Å²) in [6.07, 6.45) is 0. The summed E-state index contributed by atoms with van der Waals surface area (Å²) in [4.78, 5) is 30.2. The zero-order valence-electron chi connectivity index (χ0n) is 17.8. The summed E-state index contributed by atoms with van der Waals surface area (Å²) in [6, 6.07) is 7.57. The van der Waals surface area contributed by atoms with Gasteiger partial charge in [0, 0.05) is 17.8 Å². The Morgan fingerprint density at radius 3 is 2.43 bits per heavy atom. The highest BCUT2D eigenvalue weighted by Gasteiger charge is 2.13. The molecule has 156 valence electrons. The molecule has 28 heavy (non-hydrogen) atoms. The van der Waals surface area contributed by atoms with Crippen LogP contribution in [0.3, 0.4) is 0 Å². The van der Waals surface area contributed by atoms with Crippen LogP contribution in [0, 0.1) is 0 Å². The minimum atomic E-state index is -0.272. The van der Waals surface area contributed by atoms with Crippen molar-refractivity contribution in [2.75, 3.05) is 39.0 Å². The van der Waals surface area contributed by atoms with Crippen molar-refractivity contribution in [3.8, 4) is 0 Å². The summed E-state index contributed by atoms with van der Waals surface area (Å²) >= 11 is 0. The van der Waals surface area contributed by atoms with Crippen LogP contribution in [-0.2, 0) is 16.1 Å². The zero-order valence-corrected chi connectivity index (χ0v) is 17.8. The predicted octanol–water partition coefficient (Wildman–Crippen LogP) is 1.16. The van der Waals surface area contributed by atoms with Crippen molar-refractivity contribution in [2.45, 2.75) is 39.8 Å². The maximum absolute atomic E-state index is 12.0. The Hall–Kier alpha value is -2.61. The summed E-state index contributed by atoms with van der Waals surface area (Å²) in [7, 11) is 3.70. The molecule has 0 heterocycles. The number of benzene rings is 1. The van der Waals surface area contributed by atoms with Crippen LogP contribution < -0.4 is 21.3 Å². The van der Waals surface area contributed by atoms with Gasteiger partial charge in [0.1, 0.15) is 0 Å². The summed E-state index contributed by atoms with van der Waals surface area (Å²) in [5.41, 5.74) is 1.42. The van der Waals surface area contributed by atoms with E-state index in [1.165, 1.54) is 0 Å². The molecule has 8 heteroatoms. The molecule has 0 aromatic heterocycles. The van der Waals surface area contributed by atoms with E-state index in [4.69, 9.17) is 0 Å². The van der Waals surface area contributed by atoms with Crippen LogP contribution in [-0.4, -0.2) is 61.9 Å². The fourth-order valence-corrected chi connectivity index (χ4v) is 2.37. The van der Waals surface area contributed by atoms with Gasteiger partial charge in [-0.15, -0.1) is 0 Å². The Balaban J connectivity index is 2.67. The molecule has 2 amide bonds. The van der Waals surface area contributed by atoms with E-state index in [2.05, 4.69) is 26.3 Å². The first kappa shape index (κ1) is 23.4. The Kier molecular flexibility index (Phi) is 9.44. The summed E-state index contributed by atoms with van der Waals surface area (Å²) in [5, 5.41) is 11.9. The van der Waals surface area contributed by atoms with Crippen molar-refractivity contribution in [3.05, 3.63) is 29.8 Å². The number of amides is 2. The van der Waals surface area contributed by atoms with Crippen LogP contribution >= 0.6 is 0 Å². The number of carbonyl (C=O) groups excluding carboxylic acids is 2. The van der Waals surface area contributed by atoms with E-state index < -0.39 is 0 Å². The Morgan fingerprint density at radius 1 is 1.11 bits per heavy atom. The maximum atomic E-state index is 12.0. The third kappa shape index (κ3) is 10.5. The van der Waals surface area contributed by atoms with E-state index in [0.717, 1.165) is 11.3 Å². The highest BCUT2D eigenvalue weighted by Crippen LogP contribution is 2.11. The molecule has 0 radical (unpaired) electrons. The first-order chi connectivity index (χ1) is 13.1. The van der Waals surface area contributed by atoms with E-state index in [1.807, 2.05) is 71.0 Å². The Bertz CT molecular complexity index is 680. The lowest BCUT2D eigenvalue weighted by Gasteiger charge is -2.21. The molecule has 0 fully saturated rings. The van der Waals surface area contributed by atoms with Gasteiger partial charge in [-0.1, -0.05) is 12.1 Å². The van der Waals surface area contributed by atoms with Crippen molar-refractivity contribution < 1.29 is 9.59 Å². The smallest absolute Gasteiger partial charge is 0.239 e. The number of likely N-dealkylation sites (N-methyl/N-ethyl adjacent to an activating group) is 1. The number of nitrogens with one attached hydrogen (secondary N) is 4. The molecule has 1 aromatic rings. The van der Waals surface area contributed by atoms with E-state index >= 15 is 0 Å². The highest BCUT2D eigenvalue weighted by atomic mass is 16.2. The molecule has 0 aliphatic heterocycles. The van der Waals surface area contributed by atoms with Crippen molar-refractivity contribution >= 4 is 23.5 Å². The fraction of sp³-hybridized carbons (Fsp3) is 0.550. The SMILES string of the molecule is CCNC(=NCc1cccc(NC(=O)CN(C)C)c1)NCC(=O)NC(C)(C)C. The number of rotatable bonds is 8. The normalized spacial score (nSPS) is 11.9. The number of carbonyl (C=O) groups is 2. The fourth-order valence-electron chi connectivity index (χ4n) is 2.37. The zero-order chi connectivity index (χ0) is 21.2. The number of aliphatic imine (C=N–C) groups is 1. The molecule has 1 rings (SSSR count). The molecule has 0 saturated carbocycles. The van der Waals surface area contributed by atoms with Crippen molar-refractivity contribution in [1.82, 2.24) is 20.9 Å². The molecule has 0 bridgehead atoms. The lowest BCUT2D eigenvalue weighted by Crippen LogP contribution is -2.48. The van der Waals surface area contributed by atoms with E-state index in [9.17, 15) is 9.59 Å². The second-order valence-electron chi connectivity index (χ2n) is 7.83. The molecule has 0 saturated heterocycles. The van der Waals surface area contributed by atoms with Gasteiger partial charge in [0.2, 0.25) is 11.8 Å². The van der Waals surface area contributed by atoms with E-state index in [-0.39, 0.29) is 23.9 Å². The lowest BCUT2D eigenvalue weighted by molar-refractivity contribution is -0.121. The van der Waals surface area contributed by atoms with Crippen LogP contribution in [0.25, 0.3) is 0 Å². The van der Waals surface area contributed by atoms with Crippen LogP contribution in [0.5, 0.6) is 0 Å². The number of hydrogen-bond donors (Lipinski definition) is 4. The topological polar surface area (TPSA) is 97.9 Å². The molecule has 0 atom stereocenters. The quantitative estimate of drug-likeness (QED) is 0.394. The van der Waals surface area contributed by atoms with Gasteiger partial charge >= 0.3 is 0 Å². The standard InChI is InChI=1S/C20H34N6O2/c1-7-21-19(23-13-17(27)25-20(2,3)4)22-12-15-9-8-10-16(11-15)24-18(28)14-26(5)6/h8-11H,7,12-14H2,1-6H3,(H,24,28)(H,25,27)(H2,21,22,23). The lowest BCUT2D eigenvalue weighted by atomic mass is 10.1. The van der Waals surface area contributed by atoms with E-state index in [0.29, 0.717) is 25.6 Å². The Morgan fingerprint density at radius 2 is 1.82 bits per heavy atom. The molecule has 4 N–H and O–H groups in total. The molecule has 8 nitrogen and oxygen atoms in total. The minimum Gasteiger partial charge on any atom is -0.357 e. The summed E-state index contributed by atoms with van der Waals surface area (Å²) in [6.45, 7) is 9.36. The molecule has 0 aliphatic rings. The third-order valence-corrected chi connectivity index (χ3v) is 3.37. The van der Waals surface area contributed by atoms with Gasteiger partial charge < -0.3 is 26.2 Å². The van der Waals surface area contributed by atoms with Crippen LogP contribution in [0.2, 0.25) is 0 Å². The van der Waals surface area contributed by atoms with Gasteiger partial charge in [-0.25, -0.2) is 4.99 Å². The number of anilines is 1. The van der Waals surface area contributed by atoms with Gasteiger partial charge in [-0.05, 0) is 59.5 Å². The predicted molar refractivity (Wildman–Crippen MR) is 114 cm³/mol. The highest BCUT2D eigenvalue weighted by molar-refractivity contribution is 5.92. The first-order valence-corrected chi connectivity index (χ1v) is 9.45. The molecular weight excluding hydrogens is 356 g/mol. The molecular formula is C20H34N6O2. The van der Waals surface area contributed by atoms with Gasteiger partial charge in [0.05, 0.1) is 19.6 Å². The third-order valence-electron chi connectivity index (χ3n) is 3.37. The van der Waals surface area contributed by atoms with Gasteiger partial charge in [-0.3, -0.25) is 9.59 Å². The number of hydrogen-bond acceptors (Lipinski definition) is 4. The maximum Gasteiger partial charge on any atom is 0.239 e. The molecule has 0 spiro atoms.